The molecule has 2 heterocycles. The number of halogens is 1. The molecule has 0 saturated heterocycles. The van der Waals surface area contributed by atoms with Crippen molar-refractivity contribution in [1.82, 2.24) is 4.57 Å². The minimum absolute atomic E-state index is 0. The molecule has 3 N–H and O–H groups in total. The zero-order valence-electron chi connectivity index (χ0n) is 14.6. The van der Waals surface area contributed by atoms with E-state index in [1.165, 1.54) is 6.07 Å². The molecule has 0 amide bonds. The number of hydrogen-bond donors (Lipinski definition) is 2. The molecule has 0 spiro atoms. The van der Waals surface area contributed by atoms with Gasteiger partial charge in [0.25, 0.3) is 5.56 Å². The first-order valence-electron chi connectivity index (χ1n) is 8.10. The van der Waals surface area contributed by atoms with Crippen LogP contribution in [0.25, 0.3) is 21.2 Å². The van der Waals surface area contributed by atoms with E-state index in [0.717, 1.165) is 16.1 Å². The molecule has 0 radical (unpaired) electrons. The van der Waals surface area contributed by atoms with Crippen LogP contribution in [0.4, 0.5) is 0 Å². The van der Waals surface area contributed by atoms with Crippen LogP contribution < -0.4 is 11.3 Å². The Bertz CT molecular complexity index is 994. The third kappa shape index (κ3) is 3.53. The highest BCUT2D eigenvalue weighted by atomic mass is 35.5. The summed E-state index contributed by atoms with van der Waals surface area (Å²) in [5, 5.41) is 12.5. The van der Waals surface area contributed by atoms with Crippen molar-refractivity contribution in [3.8, 4) is 10.4 Å². The smallest absolute Gasteiger partial charge is 0.335 e. The Morgan fingerprint density at radius 2 is 2.00 bits per heavy atom. The Morgan fingerprint density at radius 3 is 2.54 bits per heavy atom. The van der Waals surface area contributed by atoms with E-state index in [1.54, 1.807) is 28.0 Å². The van der Waals surface area contributed by atoms with Crippen LogP contribution in [0.15, 0.2) is 40.5 Å². The SMILES string of the molecule is CC(C)Cn1c(CN)c(-c2cccs2)c2cc(C(=O)O)ccc2c1=O.Cl. The first kappa shape index (κ1) is 20.2. The molecule has 26 heavy (non-hydrogen) atoms. The number of aromatic nitrogens is 1. The van der Waals surface area contributed by atoms with E-state index < -0.39 is 5.97 Å². The van der Waals surface area contributed by atoms with Crippen LogP contribution in [-0.4, -0.2) is 15.6 Å². The molecule has 0 atom stereocenters. The number of benzene rings is 1. The summed E-state index contributed by atoms with van der Waals surface area (Å²) < 4.78 is 1.74. The van der Waals surface area contributed by atoms with Crippen LogP contribution in [0.1, 0.15) is 29.9 Å². The summed E-state index contributed by atoms with van der Waals surface area (Å²) in [6.45, 7) is 4.88. The fourth-order valence-electron chi connectivity index (χ4n) is 3.10. The molecule has 138 valence electrons. The van der Waals surface area contributed by atoms with Crippen molar-refractivity contribution in [3.63, 3.8) is 0 Å². The van der Waals surface area contributed by atoms with Gasteiger partial charge in [-0.3, -0.25) is 4.79 Å². The molecule has 1 aromatic carbocycles. The third-order valence-electron chi connectivity index (χ3n) is 4.13. The molecule has 3 rings (SSSR count). The lowest BCUT2D eigenvalue weighted by atomic mass is 9.99. The number of rotatable bonds is 5. The summed E-state index contributed by atoms with van der Waals surface area (Å²) in [6, 6.07) is 8.57. The molecule has 7 heteroatoms. The number of carboxylic acids is 1. The highest BCUT2D eigenvalue weighted by molar-refractivity contribution is 7.13. The lowest BCUT2D eigenvalue weighted by Crippen LogP contribution is -2.28. The second kappa shape index (κ2) is 8.03. The van der Waals surface area contributed by atoms with Crippen LogP contribution in [0.3, 0.4) is 0 Å². The van der Waals surface area contributed by atoms with Gasteiger partial charge in [0.2, 0.25) is 0 Å². The summed E-state index contributed by atoms with van der Waals surface area (Å²) in [7, 11) is 0. The number of nitrogens with two attached hydrogens (primary N) is 1. The summed E-state index contributed by atoms with van der Waals surface area (Å²) in [4.78, 5) is 25.4. The van der Waals surface area contributed by atoms with Crippen molar-refractivity contribution in [2.45, 2.75) is 26.9 Å². The molecule has 2 aromatic heterocycles. The van der Waals surface area contributed by atoms with Crippen molar-refractivity contribution in [1.29, 1.82) is 0 Å². The molecular formula is C19H21ClN2O3S. The Hall–Kier alpha value is -2.15. The van der Waals surface area contributed by atoms with Crippen molar-refractivity contribution < 1.29 is 9.90 Å². The fourth-order valence-corrected chi connectivity index (χ4v) is 3.90. The predicted octanol–water partition coefficient (Wildman–Crippen LogP) is 3.96. The van der Waals surface area contributed by atoms with Crippen molar-refractivity contribution in [2.75, 3.05) is 0 Å². The zero-order valence-corrected chi connectivity index (χ0v) is 16.2. The molecule has 0 aliphatic rings. The number of thiophene rings is 1. The number of hydrogen-bond acceptors (Lipinski definition) is 4. The third-order valence-corrected chi connectivity index (χ3v) is 5.02. The number of fused-ring (bicyclic) bond motifs is 1. The monoisotopic (exact) mass is 392 g/mol. The van der Waals surface area contributed by atoms with Crippen LogP contribution in [0.5, 0.6) is 0 Å². The van der Waals surface area contributed by atoms with E-state index in [-0.39, 0.29) is 36.0 Å². The van der Waals surface area contributed by atoms with Gasteiger partial charge in [-0.2, -0.15) is 0 Å². The maximum Gasteiger partial charge on any atom is 0.335 e. The number of aromatic carboxylic acids is 1. The average molecular weight is 393 g/mol. The van der Waals surface area contributed by atoms with Gasteiger partial charge in [0, 0.05) is 34.6 Å². The largest absolute Gasteiger partial charge is 0.478 e. The van der Waals surface area contributed by atoms with Gasteiger partial charge in [-0.1, -0.05) is 19.9 Å². The highest BCUT2D eigenvalue weighted by Gasteiger charge is 2.19. The van der Waals surface area contributed by atoms with Crippen LogP contribution in [0, 0.1) is 5.92 Å². The number of nitrogens with zero attached hydrogens (tertiary/aromatic N) is 1. The van der Waals surface area contributed by atoms with E-state index in [0.29, 0.717) is 17.3 Å². The molecule has 3 aromatic rings. The first-order valence-corrected chi connectivity index (χ1v) is 8.98. The fraction of sp³-hybridized carbons (Fsp3) is 0.263. The molecule has 5 nitrogen and oxygen atoms in total. The van der Waals surface area contributed by atoms with Crippen molar-refractivity contribution >= 4 is 40.5 Å². The summed E-state index contributed by atoms with van der Waals surface area (Å²) in [5.41, 5.74) is 7.66. The van der Waals surface area contributed by atoms with Gasteiger partial charge < -0.3 is 15.4 Å². The lowest BCUT2D eigenvalue weighted by molar-refractivity contribution is 0.0697. The van der Waals surface area contributed by atoms with E-state index in [9.17, 15) is 14.7 Å². The first-order chi connectivity index (χ1) is 11.9. The molecule has 0 saturated carbocycles. The van der Waals surface area contributed by atoms with Gasteiger partial charge in [0.1, 0.15) is 0 Å². The van der Waals surface area contributed by atoms with Gasteiger partial charge in [-0.05, 0) is 40.9 Å². The number of carbonyl (C=O) groups is 1. The Morgan fingerprint density at radius 1 is 1.27 bits per heavy atom. The molecular weight excluding hydrogens is 372 g/mol. The molecule has 0 aliphatic heterocycles. The van der Waals surface area contributed by atoms with Gasteiger partial charge in [-0.25, -0.2) is 4.79 Å². The summed E-state index contributed by atoms with van der Waals surface area (Å²) in [6.07, 6.45) is 0. The quantitative estimate of drug-likeness (QED) is 0.688. The molecule has 0 unspecified atom stereocenters. The second-order valence-corrected chi connectivity index (χ2v) is 7.33. The molecule has 0 fully saturated rings. The standard InChI is InChI=1S/C19H20N2O3S.ClH/c1-11(2)10-21-15(9-20)17(16-4-3-7-25-16)14-8-12(19(23)24)5-6-13(14)18(21)22;/h3-8,11H,9-10,20H2,1-2H3,(H,23,24);1H. The van der Waals surface area contributed by atoms with Gasteiger partial charge in [-0.15, -0.1) is 23.7 Å². The summed E-state index contributed by atoms with van der Waals surface area (Å²) in [5.74, 6) is -0.727. The Labute approximate surface area is 161 Å². The van der Waals surface area contributed by atoms with E-state index in [4.69, 9.17) is 5.73 Å². The Kier molecular flexibility index (Phi) is 6.23. The maximum absolute atomic E-state index is 13.0. The van der Waals surface area contributed by atoms with Crippen molar-refractivity contribution in [2.24, 2.45) is 11.7 Å². The maximum atomic E-state index is 13.0. The number of carboxylic acid groups (broad SMARTS) is 1. The van der Waals surface area contributed by atoms with Crippen LogP contribution in [0.2, 0.25) is 0 Å². The van der Waals surface area contributed by atoms with Crippen LogP contribution in [-0.2, 0) is 13.1 Å². The zero-order chi connectivity index (χ0) is 18.1. The highest BCUT2D eigenvalue weighted by Crippen LogP contribution is 2.34. The molecule has 0 aliphatic carbocycles. The normalized spacial score (nSPS) is 10.9. The minimum Gasteiger partial charge on any atom is -0.478 e. The van der Waals surface area contributed by atoms with Gasteiger partial charge >= 0.3 is 5.97 Å². The van der Waals surface area contributed by atoms with E-state index >= 15 is 0 Å². The minimum atomic E-state index is -1.01. The van der Waals surface area contributed by atoms with Gasteiger partial charge in [0.15, 0.2) is 0 Å². The lowest BCUT2D eigenvalue weighted by Gasteiger charge is -2.20. The summed E-state index contributed by atoms with van der Waals surface area (Å²) >= 11 is 1.55. The van der Waals surface area contributed by atoms with Crippen LogP contribution >= 0.6 is 23.7 Å². The Balaban J connectivity index is 0.00000243. The second-order valence-electron chi connectivity index (χ2n) is 6.38. The molecule has 0 bridgehead atoms. The number of pyridine rings is 1. The average Bonchev–Trinajstić information content (AvgIpc) is 3.10. The van der Waals surface area contributed by atoms with E-state index in [1.807, 2.05) is 17.5 Å². The van der Waals surface area contributed by atoms with Crippen molar-refractivity contribution in [3.05, 3.63) is 57.3 Å². The van der Waals surface area contributed by atoms with Gasteiger partial charge in [0.05, 0.1) is 5.56 Å². The predicted molar refractivity (Wildman–Crippen MR) is 108 cm³/mol. The topological polar surface area (TPSA) is 85.3 Å². The van der Waals surface area contributed by atoms with E-state index in [2.05, 4.69) is 13.8 Å².